The molecule has 0 atom stereocenters. The second-order valence-electron chi connectivity index (χ2n) is 5.20. The number of hydrogen-bond acceptors (Lipinski definition) is 0. The molecule has 94 valence electrons. The standard InChI is InChI=1S/C15H20F2/c1-11-7-10-14(16)15(17)13(11)9-8-12-5-3-2-4-6-12/h7,10,12H,2-6,8-9H2,1H3. The van der Waals surface area contributed by atoms with Gasteiger partial charge in [-0.25, -0.2) is 8.78 Å². The SMILES string of the molecule is Cc1ccc(F)c(F)c1CCC1CCCCC1. The molecular formula is C15H20F2. The van der Waals surface area contributed by atoms with Crippen LogP contribution in [0, 0.1) is 24.5 Å². The van der Waals surface area contributed by atoms with E-state index in [9.17, 15) is 8.78 Å². The summed E-state index contributed by atoms with van der Waals surface area (Å²) in [6, 6.07) is 2.89. The summed E-state index contributed by atoms with van der Waals surface area (Å²) in [7, 11) is 0. The van der Waals surface area contributed by atoms with Gasteiger partial charge in [0.15, 0.2) is 11.6 Å². The van der Waals surface area contributed by atoms with Gasteiger partial charge in [0.25, 0.3) is 0 Å². The Kier molecular flexibility index (Phi) is 4.14. The fourth-order valence-corrected chi connectivity index (χ4v) is 2.82. The number of hydrogen-bond donors (Lipinski definition) is 0. The van der Waals surface area contributed by atoms with Crippen LogP contribution in [-0.2, 0) is 6.42 Å². The van der Waals surface area contributed by atoms with Crippen molar-refractivity contribution in [3.63, 3.8) is 0 Å². The first-order valence-corrected chi connectivity index (χ1v) is 6.62. The Morgan fingerprint density at radius 1 is 1.12 bits per heavy atom. The van der Waals surface area contributed by atoms with Crippen LogP contribution in [0.5, 0.6) is 0 Å². The lowest BCUT2D eigenvalue weighted by Gasteiger charge is -2.21. The average molecular weight is 238 g/mol. The van der Waals surface area contributed by atoms with Crippen LogP contribution in [0.1, 0.15) is 49.7 Å². The molecule has 2 heteroatoms. The molecule has 1 aromatic rings. The normalized spacial score (nSPS) is 17.4. The second kappa shape index (κ2) is 5.61. The van der Waals surface area contributed by atoms with Crippen molar-refractivity contribution < 1.29 is 8.78 Å². The van der Waals surface area contributed by atoms with Crippen LogP contribution in [-0.4, -0.2) is 0 Å². The largest absolute Gasteiger partial charge is 0.204 e. The van der Waals surface area contributed by atoms with E-state index in [0.29, 0.717) is 17.9 Å². The summed E-state index contributed by atoms with van der Waals surface area (Å²) in [6.07, 6.45) is 8.14. The highest BCUT2D eigenvalue weighted by Gasteiger charge is 2.16. The fraction of sp³-hybridized carbons (Fsp3) is 0.600. The summed E-state index contributed by atoms with van der Waals surface area (Å²) < 4.78 is 26.8. The van der Waals surface area contributed by atoms with E-state index in [-0.39, 0.29) is 0 Å². The van der Waals surface area contributed by atoms with Crippen molar-refractivity contribution in [3.8, 4) is 0 Å². The molecule has 17 heavy (non-hydrogen) atoms. The lowest BCUT2D eigenvalue weighted by molar-refractivity contribution is 0.337. The minimum absolute atomic E-state index is 0.579. The van der Waals surface area contributed by atoms with Gasteiger partial charge >= 0.3 is 0 Å². The highest BCUT2D eigenvalue weighted by molar-refractivity contribution is 5.28. The van der Waals surface area contributed by atoms with Crippen molar-refractivity contribution in [2.75, 3.05) is 0 Å². The molecule has 2 rings (SSSR count). The predicted octanol–water partition coefficient (Wildman–Crippen LogP) is 4.79. The van der Waals surface area contributed by atoms with Crippen molar-refractivity contribution in [3.05, 3.63) is 34.9 Å². The van der Waals surface area contributed by atoms with Gasteiger partial charge in [-0.1, -0.05) is 38.2 Å². The Labute approximate surface area is 102 Å². The van der Waals surface area contributed by atoms with E-state index in [2.05, 4.69) is 0 Å². The molecule has 1 fully saturated rings. The summed E-state index contributed by atoms with van der Waals surface area (Å²) >= 11 is 0. The molecule has 0 saturated heterocycles. The van der Waals surface area contributed by atoms with Crippen LogP contribution in [0.15, 0.2) is 12.1 Å². The number of rotatable bonds is 3. The van der Waals surface area contributed by atoms with E-state index in [1.165, 1.54) is 38.2 Å². The van der Waals surface area contributed by atoms with Gasteiger partial charge in [0.05, 0.1) is 0 Å². The Morgan fingerprint density at radius 2 is 1.82 bits per heavy atom. The van der Waals surface area contributed by atoms with Crippen LogP contribution in [0.2, 0.25) is 0 Å². The number of halogens is 2. The molecule has 0 spiro atoms. The van der Waals surface area contributed by atoms with E-state index >= 15 is 0 Å². The second-order valence-corrected chi connectivity index (χ2v) is 5.20. The van der Waals surface area contributed by atoms with Crippen LogP contribution in [0.25, 0.3) is 0 Å². The highest BCUT2D eigenvalue weighted by atomic mass is 19.2. The van der Waals surface area contributed by atoms with Crippen LogP contribution < -0.4 is 0 Å². The number of aryl methyl sites for hydroxylation is 1. The Hall–Kier alpha value is -0.920. The summed E-state index contributed by atoms with van der Waals surface area (Å²) in [5.74, 6) is -0.638. The van der Waals surface area contributed by atoms with Gasteiger partial charge < -0.3 is 0 Å². The summed E-state index contributed by atoms with van der Waals surface area (Å²) in [5.41, 5.74) is 1.45. The Bertz CT molecular complexity index is 379. The molecule has 0 nitrogen and oxygen atoms in total. The van der Waals surface area contributed by atoms with Crippen molar-refractivity contribution in [2.24, 2.45) is 5.92 Å². The third-order valence-corrected chi connectivity index (χ3v) is 3.96. The first-order valence-electron chi connectivity index (χ1n) is 6.62. The molecule has 1 saturated carbocycles. The topological polar surface area (TPSA) is 0 Å². The van der Waals surface area contributed by atoms with Crippen molar-refractivity contribution >= 4 is 0 Å². The van der Waals surface area contributed by atoms with Gasteiger partial charge in [0, 0.05) is 0 Å². The van der Waals surface area contributed by atoms with E-state index in [1.807, 2.05) is 6.92 Å². The molecule has 1 aliphatic carbocycles. The minimum Gasteiger partial charge on any atom is -0.204 e. The maximum atomic E-state index is 13.6. The summed E-state index contributed by atoms with van der Waals surface area (Å²) in [6.45, 7) is 1.86. The van der Waals surface area contributed by atoms with E-state index in [4.69, 9.17) is 0 Å². The lowest BCUT2D eigenvalue weighted by atomic mass is 9.85. The van der Waals surface area contributed by atoms with E-state index in [0.717, 1.165) is 12.0 Å². The molecule has 0 heterocycles. The van der Waals surface area contributed by atoms with Crippen molar-refractivity contribution in [2.45, 2.75) is 51.9 Å². The van der Waals surface area contributed by atoms with Crippen LogP contribution >= 0.6 is 0 Å². The minimum atomic E-state index is -0.714. The fourth-order valence-electron chi connectivity index (χ4n) is 2.82. The molecule has 0 N–H and O–H groups in total. The van der Waals surface area contributed by atoms with Crippen molar-refractivity contribution in [1.29, 1.82) is 0 Å². The smallest absolute Gasteiger partial charge is 0.162 e. The highest BCUT2D eigenvalue weighted by Crippen LogP contribution is 2.28. The molecule has 1 aliphatic rings. The molecule has 0 amide bonds. The Morgan fingerprint density at radius 3 is 2.53 bits per heavy atom. The van der Waals surface area contributed by atoms with Gasteiger partial charge in [-0.05, 0) is 42.9 Å². The Balaban J connectivity index is 2.00. The third-order valence-electron chi connectivity index (χ3n) is 3.96. The zero-order chi connectivity index (χ0) is 12.3. The molecule has 0 aromatic heterocycles. The lowest BCUT2D eigenvalue weighted by Crippen LogP contribution is -2.09. The van der Waals surface area contributed by atoms with Gasteiger partial charge in [-0.2, -0.15) is 0 Å². The number of benzene rings is 1. The van der Waals surface area contributed by atoms with Gasteiger partial charge in [0.2, 0.25) is 0 Å². The van der Waals surface area contributed by atoms with Crippen LogP contribution in [0.3, 0.4) is 0 Å². The average Bonchev–Trinajstić information content (AvgIpc) is 2.35. The predicted molar refractivity (Wildman–Crippen MR) is 66.0 cm³/mol. The maximum Gasteiger partial charge on any atom is 0.162 e. The quantitative estimate of drug-likeness (QED) is 0.710. The summed E-state index contributed by atoms with van der Waals surface area (Å²) in [4.78, 5) is 0. The molecule has 0 bridgehead atoms. The van der Waals surface area contributed by atoms with Gasteiger partial charge in [-0.3, -0.25) is 0 Å². The van der Waals surface area contributed by atoms with Crippen LogP contribution in [0.4, 0.5) is 8.78 Å². The molecule has 0 radical (unpaired) electrons. The molecule has 0 aliphatic heterocycles. The molecular weight excluding hydrogens is 218 g/mol. The van der Waals surface area contributed by atoms with Gasteiger partial charge in [0.1, 0.15) is 0 Å². The first-order chi connectivity index (χ1) is 8.18. The van der Waals surface area contributed by atoms with Gasteiger partial charge in [-0.15, -0.1) is 0 Å². The first kappa shape index (κ1) is 12.5. The zero-order valence-corrected chi connectivity index (χ0v) is 10.4. The third kappa shape index (κ3) is 3.05. The van der Waals surface area contributed by atoms with E-state index in [1.54, 1.807) is 6.07 Å². The monoisotopic (exact) mass is 238 g/mol. The summed E-state index contributed by atoms with van der Waals surface area (Å²) in [5, 5.41) is 0. The van der Waals surface area contributed by atoms with Crippen molar-refractivity contribution in [1.82, 2.24) is 0 Å². The zero-order valence-electron chi connectivity index (χ0n) is 10.4. The van der Waals surface area contributed by atoms with E-state index < -0.39 is 11.6 Å². The molecule has 1 aromatic carbocycles. The maximum absolute atomic E-state index is 13.6. The molecule has 0 unspecified atom stereocenters.